The summed E-state index contributed by atoms with van der Waals surface area (Å²) in [5.74, 6) is 0.937. The van der Waals surface area contributed by atoms with E-state index in [0.29, 0.717) is 43.5 Å². The summed E-state index contributed by atoms with van der Waals surface area (Å²) >= 11 is 11.3. The Morgan fingerprint density at radius 1 is 1.29 bits per heavy atom. The number of halogens is 2. The van der Waals surface area contributed by atoms with Crippen molar-refractivity contribution < 1.29 is 14.3 Å². The Balaban J connectivity index is 1.78. The third-order valence-electron chi connectivity index (χ3n) is 4.53. The van der Waals surface area contributed by atoms with Gasteiger partial charge in [-0.1, -0.05) is 39.3 Å². The normalized spacial score (nSPS) is 19.5. The lowest BCUT2D eigenvalue weighted by molar-refractivity contribution is -0.116. The molecule has 0 saturated carbocycles. The number of nitrogens with one attached hydrogen (secondary N) is 1. The van der Waals surface area contributed by atoms with Crippen LogP contribution in [0.25, 0.3) is 5.70 Å². The number of thioether (sulfide) groups is 1. The highest BCUT2D eigenvalue weighted by molar-refractivity contribution is 9.10. The SMILES string of the molecule is CSC1=NN2C(=c3cc(Br)ccc3=N[C@H]2c2cc3c(cc2Cl)OCO3)C(=O)N1. The Morgan fingerprint density at radius 3 is 2.86 bits per heavy atom. The molecular formula is C18H12BrClN4O3S. The van der Waals surface area contributed by atoms with Crippen molar-refractivity contribution in [1.29, 1.82) is 0 Å². The average Bonchev–Trinajstić information content (AvgIpc) is 3.13. The van der Waals surface area contributed by atoms with Gasteiger partial charge in [-0.25, -0.2) is 5.01 Å². The molecule has 0 radical (unpaired) electrons. The van der Waals surface area contributed by atoms with Crippen LogP contribution in [0.15, 0.2) is 44.9 Å². The van der Waals surface area contributed by atoms with Crippen molar-refractivity contribution in [3.8, 4) is 11.5 Å². The molecule has 3 aliphatic heterocycles. The number of hydrogen-bond donors (Lipinski definition) is 1. The molecule has 0 aliphatic carbocycles. The number of fused-ring (bicyclic) bond motifs is 3. The molecule has 1 amide bonds. The molecule has 1 atom stereocenters. The number of carbonyl (C=O) groups is 1. The monoisotopic (exact) mass is 478 g/mol. The molecule has 0 fully saturated rings. The van der Waals surface area contributed by atoms with Crippen LogP contribution in [-0.4, -0.2) is 29.1 Å². The first-order valence-corrected chi connectivity index (χ1v) is 10.6. The molecule has 0 aromatic heterocycles. The molecule has 0 unspecified atom stereocenters. The van der Waals surface area contributed by atoms with Crippen LogP contribution in [0.5, 0.6) is 11.5 Å². The van der Waals surface area contributed by atoms with Gasteiger partial charge in [-0.05, 0) is 30.5 Å². The Bertz CT molecular complexity index is 1190. The van der Waals surface area contributed by atoms with Crippen LogP contribution < -0.4 is 25.4 Å². The lowest BCUT2D eigenvalue weighted by Crippen LogP contribution is -2.50. The second-order valence-corrected chi connectivity index (χ2v) is 8.27. The highest BCUT2D eigenvalue weighted by Crippen LogP contribution is 2.42. The number of amidine groups is 1. The molecule has 10 heteroatoms. The lowest BCUT2D eigenvalue weighted by atomic mass is 10.1. The smallest absolute Gasteiger partial charge is 0.276 e. The zero-order valence-electron chi connectivity index (χ0n) is 14.4. The second kappa shape index (κ2) is 6.68. The predicted octanol–water partition coefficient (Wildman–Crippen LogP) is 2.34. The lowest BCUT2D eigenvalue weighted by Gasteiger charge is -2.34. The molecular weight excluding hydrogens is 468 g/mol. The molecule has 0 bridgehead atoms. The Kier molecular flexibility index (Phi) is 4.26. The third-order valence-corrected chi connectivity index (χ3v) is 5.92. The quantitative estimate of drug-likeness (QED) is 0.680. The van der Waals surface area contributed by atoms with E-state index >= 15 is 0 Å². The van der Waals surface area contributed by atoms with Crippen molar-refractivity contribution in [2.24, 2.45) is 10.1 Å². The third kappa shape index (κ3) is 2.76. The van der Waals surface area contributed by atoms with Gasteiger partial charge >= 0.3 is 0 Å². The van der Waals surface area contributed by atoms with E-state index in [1.165, 1.54) is 11.8 Å². The summed E-state index contributed by atoms with van der Waals surface area (Å²) in [7, 11) is 0. The largest absolute Gasteiger partial charge is 0.454 e. The number of carbonyl (C=O) groups excluding carboxylic acids is 1. The van der Waals surface area contributed by atoms with Gasteiger partial charge < -0.3 is 9.47 Å². The summed E-state index contributed by atoms with van der Waals surface area (Å²) in [6.45, 7) is 0.145. The van der Waals surface area contributed by atoms with E-state index in [4.69, 9.17) is 26.1 Å². The van der Waals surface area contributed by atoms with E-state index in [1.54, 1.807) is 17.1 Å². The second-order valence-electron chi connectivity index (χ2n) is 6.15. The van der Waals surface area contributed by atoms with Gasteiger partial charge in [-0.2, -0.15) is 0 Å². The Labute approximate surface area is 177 Å². The zero-order chi connectivity index (χ0) is 19.4. The van der Waals surface area contributed by atoms with Crippen LogP contribution in [0.3, 0.4) is 0 Å². The summed E-state index contributed by atoms with van der Waals surface area (Å²) in [6, 6.07) is 9.10. The van der Waals surface area contributed by atoms with Crippen molar-refractivity contribution in [1.82, 2.24) is 10.3 Å². The molecule has 7 nitrogen and oxygen atoms in total. The van der Waals surface area contributed by atoms with Crippen molar-refractivity contribution in [3.05, 3.63) is 56.0 Å². The molecule has 3 heterocycles. The minimum atomic E-state index is -0.612. The van der Waals surface area contributed by atoms with E-state index in [1.807, 2.05) is 24.5 Å². The Morgan fingerprint density at radius 2 is 2.07 bits per heavy atom. The van der Waals surface area contributed by atoms with Gasteiger partial charge in [0.15, 0.2) is 22.8 Å². The van der Waals surface area contributed by atoms with Gasteiger partial charge in [0.25, 0.3) is 5.91 Å². The van der Waals surface area contributed by atoms with Crippen molar-refractivity contribution in [2.75, 3.05) is 13.0 Å². The van der Waals surface area contributed by atoms with Crippen molar-refractivity contribution in [2.45, 2.75) is 6.17 Å². The van der Waals surface area contributed by atoms with E-state index in [0.717, 1.165) is 4.47 Å². The van der Waals surface area contributed by atoms with Gasteiger partial charge in [0.2, 0.25) is 6.79 Å². The van der Waals surface area contributed by atoms with Gasteiger partial charge in [-0.3, -0.25) is 15.1 Å². The molecule has 28 heavy (non-hydrogen) atoms. The molecule has 142 valence electrons. The first-order valence-electron chi connectivity index (χ1n) is 8.25. The van der Waals surface area contributed by atoms with E-state index in [2.05, 4.69) is 26.3 Å². The van der Waals surface area contributed by atoms with Crippen LogP contribution in [0, 0.1) is 0 Å². The van der Waals surface area contributed by atoms with E-state index in [-0.39, 0.29) is 12.7 Å². The molecule has 0 saturated heterocycles. The fourth-order valence-electron chi connectivity index (χ4n) is 3.28. The maximum atomic E-state index is 12.9. The van der Waals surface area contributed by atoms with Crippen LogP contribution in [0.2, 0.25) is 5.02 Å². The molecule has 1 N–H and O–H groups in total. The maximum Gasteiger partial charge on any atom is 0.276 e. The minimum Gasteiger partial charge on any atom is -0.454 e. The standard InChI is InChI=1S/C18H12BrClN4O3S/c1-28-18-22-17(25)15-10-4-8(19)2-3-12(10)21-16(24(15)23-18)9-5-13-14(6-11(9)20)27-7-26-13/h2-6,16H,7H2,1H3,(H,22,23,25)/t16-/m1/s1. The number of rotatable bonds is 1. The first kappa shape index (κ1) is 17.8. The van der Waals surface area contributed by atoms with Crippen LogP contribution in [-0.2, 0) is 4.79 Å². The van der Waals surface area contributed by atoms with Gasteiger partial charge in [0, 0.05) is 21.3 Å². The molecule has 2 aromatic rings. The minimum absolute atomic E-state index is 0.145. The predicted molar refractivity (Wildman–Crippen MR) is 110 cm³/mol. The highest BCUT2D eigenvalue weighted by Gasteiger charge is 2.36. The summed E-state index contributed by atoms with van der Waals surface area (Å²) in [5.41, 5.74) is 1.10. The summed E-state index contributed by atoms with van der Waals surface area (Å²) in [4.78, 5) is 17.7. The van der Waals surface area contributed by atoms with Gasteiger partial charge in [0.1, 0.15) is 5.70 Å². The Hall–Kier alpha value is -2.23. The van der Waals surface area contributed by atoms with Crippen molar-refractivity contribution >= 4 is 56.1 Å². The highest BCUT2D eigenvalue weighted by atomic mass is 79.9. The van der Waals surface area contributed by atoms with Crippen LogP contribution in [0.4, 0.5) is 0 Å². The summed E-state index contributed by atoms with van der Waals surface area (Å²) in [5, 5.41) is 11.4. The number of hydrazone groups is 1. The number of amides is 1. The average molecular weight is 480 g/mol. The maximum absolute atomic E-state index is 12.9. The fraction of sp³-hybridized carbons (Fsp3) is 0.167. The molecule has 5 rings (SSSR count). The topological polar surface area (TPSA) is 75.5 Å². The number of nitrogens with zero attached hydrogens (tertiary/aromatic N) is 3. The number of hydrogen-bond acceptors (Lipinski definition) is 7. The van der Waals surface area contributed by atoms with Crippen LogP contribution >= 0.6 is 39.3 Å². The van der Waals surface area contributed by atoms with E-state index in [9.17, 15) is 4.79 Å². The van der Waals surface area contributed by atoms with Crippen LogP contribution in [0.1, 0.15) is 11.7 Å². The summed E-state index contributed by atoms with van der Waals surface area (Å²) in [6.07, 6.45) is 1.23. The number of benzene rings is 2. The van der Waals surface area contributed by atoms with E-state index < -0.39 is 6.17 Å². The first-order chi connectivity index (χ1) is 13.5. The summed E-state index contributed by atoms with van der Waals surface area (Å²) < 4.78 is 11.7. The van der Waals surface area contributed by atoms with Gasteiger partial charge in [0.05, 0.1) is 10.4 Å². The molecule has 3 aliphatic rings. The van der Waals surface area contributed by atoms with Crippen molar-refractivity contribution in [3.63, 3.8) is 0 Å². The fourth-order valence-corrected chi connectivity index (χ4v) is 4.25. The van der Waals surface area contributed by atoms with Gasteiger partial charge in [-0.15, -0.1) is 5.10 Å². The zero-order valence-corrected chi connectivity index (χ0v) is 17.6. The number of ether oxygens (including phenoxy) is 2. The molecule has 2 aromatic carbocycles. The molecule has 0 spiro atoms.